The van der Waals surface area contributed by atoms with Gasteiger partial charge in [0.2, 0.25) is 0 Å². The van der Waals surface area contributed by atoms with Gasteiger partial charge in [-0.25, -0.2) is 0 Å². The van der Waals surface area contributed by atoms with Gasteiger partial charge in [0.15, 0.2) is 0 Å². The first-order chi connectivity index (χ1) is 9.02. The van der Waals surface area contributed by atoms with Crippen molar-refractivity contribution in [2.75, 3.05) is 33.4 Å². The summed E-state index contributed by atoms with van der Waals surface area (Å²) in [5.41, 5.74) is 7.31. The molecule has 1 unspecified atom stereocenters. The zero-order chi connectivity index (χ0) is 13.9. The van der Waals surface area contributed by atoms with Gasteiger partial charge in [-0.1, -0.05) is 18.2 Å². The standard InChI is InChI=1S/C15H24N2O2/c1-15(2)11-17(8-9-19-15)10-13(16)12-6-4-5-7-14(12)18-3/h4-7,13H,8-11,16H2,1-3H3. The highest BCUT2D eigenvalue weighted by molar-refractivity contribution is 5.35. The van der Waals surface area contributed by atoms with E-state index in [4.69, 9.17) is 15.2 Å². The molecule has 0 saturated carbocycles. The van der Waals surface area contributed by atoms with Crippen LogP contribution in [0, 0.1) is 0 Å². The molecule has 1 aromatic rings. The zero-order valence-corrected chi connectivity index (χ0v) is 12.1. The molecule has 1 aliphatic rings. The van der Waals surface area contributed by atoms with Crippen LogP contribution in [-0.4, -0.2) is 43.9 Å². The van der Waals surface area contributed by atoms with Crippen LogP contribution in [0.2, 0.25) is 0 Å². The first-order valence-electron chi connectivity index (χ1n) is 6.77. The van der Waals surface area contributed by atoms with Gasteiger partial charge < -0.3 is 15.2 Å². The first-order valence-corrected chi connectivity index (χ1v) is 6.77. The summed E-state index contributed by atoms with van der Waals surface area (Å²) in [7, 11) is 1.68. The lowest BCUT2D eigenvalue weighted by molar-refractivity contribution is -0.0870. The molecule has 4 heteroatoms. The lowest BCUT2D eigenvalue weighted by atomic mass is 10.0. The number of para-hydroxylation sites is 1. The van der Waals surface area contributed by atoms with Crippen molar-refractivity contribution in [3.63, 3.8) is 0 Å². The molecule has 0 aliphatic carbocycles. The number of methoxy groups -OCH3 is 1. The number of hydrogen-bond acceptors (Lipinski definition) is 4. The molecule has 0 bridgehead atoms. The third kappa shape index (κ3) is 3.69. The highest BCUT2D eigenvalue weighted by Gasteiger charge is 2.28. The van der Waals surface area contributed by atoms with Crippen molar-refractivity contribution >= 4 is 0 Å². The maximum atomic E-state index is 6.33. The van der Waals surface area contributed by atoms with E-state index in [0.29, 0.717) is 0 Å². The molecular formula is C15H24N2O2. The molecule has 1 saturated heterocycles. The molecule has 1 atom stereocenters. The second-order valence-corrected chi connectivity index (χ2v) is 5.69. The van der Waals surface area contributed by atoms with Crippen LogP contribution in [0.4, 0.5) is 0 Å². The molecule has 2 N–H and O–H groups in total. The Hall–Kier alpha value is -1.10. The normalized spacial score (nSPS) is 21.1. The number of rotatable bonds is 4. The fraction of sp³-hybridized carbons (Fsp3) is 0.600. The lowest BCUT2D eigenvalue weighted by Crippen LogP contribution is -2.50. The van der Waals surface area contributed by atoms with Crippen molar-refractivity contribution in [2.24, 2.45) is 5.73 Å². The summed E-state index contributed by atoms with van der Waals surface area (Å²) in [6.45, 7) is 7.68. The van der Waals surface area contributed by atoms with Gasteiger partial charge in [0, 0.05) is 31.2 Å². The van der Waals surface area contributed by atoms with Crippen LogP contribution < -0.4 is 10.5 Å². The fourth-order valence-electron chi connectivity index (χ4n) is 2.62. The average Bonchev–Trinajstić information content (AvgIpc) is 2.37. The third-order valence-electron chi connectivity index (χ3n) is 3.50. The minimum absolute atomic E-state index is 0.0370. The van der Waals surface area contributed by atoms with Gasteiger partial charge in [-0.05, 0) is 19.9 Å². The van der Waals surface area contributed by atoms with E-state index < -0.39 is 0 Å². The van der Waals surface area contributed by atoms with Crippen LogP contribution in [0.3, 0.4) is 0 Å². The van der Waals surface area contributed by atoms with Crippen molar-refractivity contribution in [1.82, 2.24) is 4.90 Å². The van der Waals surface area contributed by atoms with E-state index in [2.05, 4.69) is 18.7 Å². The monoisotopic (exact) mass is 264 g/mol. The van der Waals surface area contributed by atoms with Gasteiger partial charge in [0.25, 0.3) is 0 Å². The molecule has 1 heterocycles. The summed E-state index contributed by atoms with van der Waals surface area (Å²) in [6, 6.07) is 7.92. The summed E-state index contributed by atoms with van der Waals surface area (Å²) < 4.78 is 11.1. The molecule has 106 valence electrons. The number of hydrogen-bond donors (Lipinski definition) is 1. The molecule has 2 rings (SSSR count). The largest absolute Gasteiger partial charge is 0.496 e. The topological polar surface area (TPSA) is 47.7 Å². The van der Waals surface area contributed by atoms with Crippen LogP contribution in [0.15, 0.2) is 24.3 Å². The number of nitrogens with zero attached hydrogens (tertiary/aromatic N) is 1. The van der Waals surface area contributed by atoms with E-state index in [1.165, 1.54) is 0 Å². The van der Waals surface area contributed by atoms with Crippen molar-refractivity contribution in [2.45, 2.75) is 25.5 Å². The molecule has 1 aromatic carbocycles. The van der Waals surface area contributed by atoms with Gasteiger partial charge in [-0.2, -0.15) is 0 Å². The number of nitrogens with two attached hydrogens (primary N) is 1. The molecule has 0 amide bonds. The van der Waals surface area contributed by atoms with E-state index in [9.17, 15) is 0 Å². The van der Waals surface area contributed by atoms with E-state index in [1.807, 2.05) is 24.3 Å². The Morgan fingerprint density at radius 3 is 2.84 bits per heavy atom. The highest BCUT2D eigenvalue weighted by atomic mass is 16.5. The molecule has 1 fully saturated rings. The van der Waals surface area contributed by atoms with Crippen molar-refractivity contribution in [1.29, 1.82) is 0 Å². The lowest BCUT2D eigenvalue weighted by Gasteiger charge is -2.39. The summed E-state index contributed by atoms with van der Waals surface area (Å²) in [5, 5.41) is 0. The maximum Gasteiger partial charge on any atom is 0.123 e. The molecule has 0 radical (unpaired) electrons. The minimum atomic E-state index is -0.0846. The van der Waals surface area contributed by atoms with E-state index >= 15 is 0 Å². The molecule has 1 aliphatic heterocycles. The Morgan fingerprint density at radius 2 is 2.16 bits per heavy atom. The zero-order valence-electron chi connectivity index (χ0n) is 12.1. The summed E-state index contributed by atoms with van der Waals surface area (Å²) >= 11 is 0. The van der Waals surface area contributed by atoms with Crippen molar-refractivity contribution < 1.29 is 9.47 Å². The molecule has 0 aromatic heterocycles. The van der Waals surface area contributed by atoms with Crippen LogP contribution >= 0.6 is 0 Å². The molecule has 19 heavy (non-hydrogen) atoms. The van der Waals surface area contributed by atoms with E-state index in [1.54, 1.807) is 7.11 Å². The molecule has 4 nitrogen and oxygen atoms in total. The molecule has 0 spiro atoms. The molecular weight excluding hydrogens is 240 g/mol. The summed E-state index contributed by atoms with van der Waals surface area (Å²) in [5.74, 6) is 0.863. The van der Waals surface area contributed by atoms with Gasteiger partial charge in [-0.15, -0.1) is 0 Å². The average molecular weight is 264 g/mol. The Balaban J connectivity index is 2.02. The van der Waals surface area contributed by atoms with Crippen LogP contribution in [0.25, 0.3) is 0 Å². The van der Waals surface area contributed by atoms with Crippen LogP contribution in [0.5, 0.6) is 5.75 Å². The fourth-order valence-corrected chi connectivity index (χ4v) is 2.62. The van der Waals surface area contributed by atoms with Gasteiger partial charge in [-0.3, -0.25) is 4.90 Å². The second kappa shape index (κ2) is 5.90. The quantitative estimate of drug-likeness (QED) is 0.901. The minimum Gasteiger partial charge on any atom is -0.496 e. The van der Waals surface area contributed by atoms with E-state index in [-0.39, 0.29) is 11.6 Å². The Bertz CT molecular complexity index is 420. The van der Waals surface area contributed by atoms with Crippen LogP contribution in [-0.2, 0) is 4.74 Å². The predicted octanol–water partition coefficient (Wildman–Crippen LogP) is 1.81. The summed E-state index contributed by atoms with van der Waals surface area (Å²) in [6.07, 6.45) is 0. The smallest absolute Gasteiger partial charge is 0.123 e. The SMILES string of the molecule is COc1ccccc1C(N)CN1CCOC(C)(C)C1. The van der Waals surface area contributed by atoms with Crippen LogP contribution in [0.1, 0.15) is 25.5 Å². The van der Waals surface area contributed by atoms with E-state index in [0.717, 1.165) is 37.6 Å². The third-order valence-corrected chi connectivity index (χ3v) is 3.50. The Morgan fingerprint density at radius 1 is 1.42 bits per heavy atom. The second-order valence-electron chi connectivity index (χ2n) is 5.69. The van der Waals surface area contributed by atoms with Crippen molar-refractivity contribution in [3.8, 4) is 5.75 Å². The predicted molar refractivity (Wildman–Crippen MR) is 76.4 cm³/mol. The Labute approximate surface area is 115 Å². The number of morpholine rings is 1. The number of ether oxygens (including phenoxy) is 2. The van der Waals surface area contributed by atoms with Gasteiger partial charge >= 0.3 is 0 Å². The number of benzene rings is 1. The van der Waals surface area contributed by atoms with Crippen molar-refractivity contribution in [3.05, 3.63) is 29.8 Å². The first kappa shape index (κ1) is 14.3. The van der Waals surface area contributed by atoms with Gasteiger partial charge in [0.05, 0.1) is 19.3 Å². The summed E-state index contributed by atoms with van der Waals surface area (Å²) in [4.78, 5) is 2.36. The van der Waals surface area contributed by atoms with Gasteiger partial charge in [0.1, 0.15) is 5.75 Å². The highest BCUT2D eigenvalue weighted by Crippen LogP contribution is 2.25. The Kier molecular flexibility index (Phi) is 4.45. The maximum absolute atomic E-state index is 6.33.